The Morgan fingerprint density at radius 2 is 1.17 bits per heavy atom. The Labute approximate surface area is 215 Å². The first-order valence-electron chi connectivity index (χ1n) is 13.5. The van der Waals surface area contributed by atoms with Gasteiger partial charge in [0.2, 0.25) is 0 Å². The summed E-state index contributed by atoms with van der Waals surface area (Å²) in [5.74, 6) is 0.960. The van der Waals surface area contributed by atoms with E-state index in [0.717, 1.165) is 0 Å². The fraction of sp³-hybridized carbons (Fsp3) is 0.594. The van der Waals surface area contributed by atoms with E-state index in [2.05, 4.69) is 55.4 Å². The number of hydrogen-bond donors (Lipinski definition) is 1. The monoisotopic (exact) mass is 482 g/mol. The van der Waals surface area contributed by atoms with Crippen LogP contribution in [-0.2, 0) is 4.74 Å². The Kier molecular flexibility index (Phi) is 13.5. The molecular formula is C32H50O3. The maximum Gasteiger partial charge on any atom is 0.195 e. The second-order valence-corrected chi connectivity index (χ2v) is 10.9. The third kappa shape index (κ3) is 10.7. The number of ketones is 1. The summed E-state index contributed by atoms with van der Waals surface area (Å²) in [5.41, 5.74) is 1.09. The summed E-state index contributed by atoms with van der Waals surface area (Å²) < 4.78 is 6.54. The minimum atomic E-state index is -1.08. The van der Waals surface area contributed by atoms with E-state index in [1.54, 1.807) is 48.5 Å². The van der Waals surface area contributed by atoms with Crippen molar-refractivity contribution in [1.82, 2.24) is 0 Å². The number of unbranched alkanes of at least 4 members (excludes halogenated alkanes) is 2. The Balaban J connectivity index is 0.000000353. The highest BCUT2D eigenvalue weighted by Crippen LogP contribution is 2.35. The molecule has 0 amide bonds. The quantitative estimate of drug-likeness (QED) is 0.290. The van der Waals surface area contributed by atoms with Gasteiger partial charge in [-0.15, -0.1) is 0 Å². The lowest BCUT2D eigenvalue weighted by molar-refractivity contribution is -0.169. The highest BCUT2D eigenvalue weighted by Gasteiger charge is 2.36. The topological polar surface area (TPSA) is 46.5 Å². The van der Waals surface area contributed by atoms with Gasteiger partial charge < -0.3 is 9.84 Å². The van der Waals surface area contributed by atoms with Crippen molar-refractivity contribution in [3.05, 3.63) is 71.8 Å². The van der Waals surface area contributed by atoms with Gasteiger partial charge in [-0.3, -0.25) is 4.79 Å². The van der Waals surface area contributed by atoms with E-state index in [4.69, 9.17) is 4.74 Å². The minimum Gasteiger partial charge on any atom is -0.380 e. The Hall–Kier alpha value is -1.97. The van der Waals surface area contributed by atoms with Gasteiger partial charge in [0.05, 0.1) is 11.2 Å². The largest absolute Gasteiger partial charge is 0.380 e. The fourth-order valence-electron chi connectivity index (χ4n) is 4.14. The Morgan fingerprint density at radius 1 is 0.771 bits per heavy atom. The number of carbonyl (C=O) groups is 1. The molecule has 3 nitrogen and oxygen atoms in total. The molecule has 3 heteroatoms. The zero-order chi connectivity index (χ0) is 26.5. The van der Waals surface area contributed by atoms with Crippen molar-refractivity contribution in [3.63, 3.8) is 0 Å². The van der Waals surface area contributed by atoms with Crippen LogP contribution in [0.2, 0.25) is 0 Å². The van der Waals surface area contributed by atoms with Gasteiger partial charge in [0.25, 0.3) is 0 Å². The molecule has 3 atom stereocenters. The zero-order valence-corrected chi connectivity index (χ0v) is 23.5. The van der Waals surface area contributed by atoms with Gasteiger partial charge in [-0.2, -0.15) is 0 Å². The lowest BCUT2D eigenvalue weighted by Gasteiger charge is -2.43. The van der Waals surface area contributed by atoms with E-state index >= 15 is 0 Å². The molecule has 0 fully saturated rings. The van der Waals surface area contributed by atoms with Gasteiger partial charge >= 0.3 is 0 Å². The predicted octanol–water partition coefficient (Wildman–Crippen LogP) is 8.82. The highest BCUT2D eigenvalue weighted by atomic mass is 16.5. The summed E-state index contributed by atoms with van der Waals surface area (Å²) in [6, 6.07) is 17.7. The van der Waals surface area contributed by atoms with Gasteiger partial charge in [-0.1, -0.05) is 114 Å². The van der Waals surface area contributed by atoms with Crippen LogP contribution in [0.3, 0.4) is 0 Å². The van der Waals surface area contributed by atoms with E-state index in [0.29, 0.717) is 23.0 Å². The summed E-state index contributed by atoms with van der Waals surface area (Å²) in [5, 5.41) is 9.89. The molecule has 2 rings (SSSR count). The number of aliphatic hydroxyl groups is 1. The van der Waals surface area contributed by atoms with Crippen molar-refractivity contribution < 1.29 is 14.6 Å². The summed E-state index contributed by atoms with van der Waals surface area (Å²) in [6.45, 7) is 18.3. The summed E-state index contributed by atoms with van der Waals surface area (Å²) in [4.78, 5) is 11.9. The lowest BCUT2D eigenvalue weighted by atomic mass is 9.84. The molecule has 0 aromatic heterocycles. The Bertz CT molecular complexity index is 802. The molecule has 0 aliphatic heterocycles. The number of carbonyl (C=O) groups excluding carboxylic acids is 1. The molecule has 0 saturated heterocycles. The standard InChI is InChI=1S/C18H38O.C14H12O2/c1-9-11-13-15(3)17(5,6)19-18(7,8)16(4)14-12-10-2;15-13(11-7-3-1-4-8-11)14(16)12-9-5-2-6-10-12/h15-16H,9-14H2,1-8H3;1-10,13,15H. The molecular weight excluding hydrogens is 432 g/mol. The smallest absolute Gasteiger partial charge is 0.195 e. The van der Waals surface area contributed by atoms with Gasteiger partial charge in [-0.05, 0) is 57.9 Å². The van der Waals surface area contributed by atoms with Crippen molar-refractivity contribution in [1.29, 1.82) is 0 Å². The molecule has 0 spiro atoms. The summed E-state index contributed by atoms with van der Waals surface area (Å²) >= 11 is 0. The molecule has 0 aliphatic carbocycles. The molecule has 0 aliphatic rings. The molecule has 196 valence electrons. The maximum atomic E-state index is 11.9. The highest BCUT2D eigenvalue weighted by molar-refractivity contribution is 5.99. The molecule has 0 heterocycles. The zero-order valence-electron chi connectivity index (χ0n) is 23.5. The van der Waals surface area contributed by atoms with Crippen LogP contribution in [0.25, 0.3) is 0 Å². The molecule has 1 N–H and O–H groups in total. The molecule has 0 radical (unpaired) electrons. The van der Waals surface area contributed by atoms with E-state index in [1.165, 1.54) is 38.5 Å². The van der Waals surface area contributed by atoms with Crippen molar-refractivity contribution in [2.24, 2.45) is 11.8 Å². The van der Waals surface area contributed by atoms with E-state index in [1.807, 2.05) is 12.1 Å². The number of ether oxygens (including phenoxy) is 1. The second-order valence-electron chi connectivity index (χ2n) is 10.9. The normalized spacial score (nSPS) is 14.4. The SMILES string of the molecule is CCCCC(C)C(C)(C)OC(C)(C)C(C)CCCC.O=C(c1ccccc1)C(O)c1ccccc1. The summed E-state index contributed by atoms with van der Waals surface area (Å²) in [7, 11) is 0. The van der Waals surface area contributed by atoms with Crippen LogP contribution in [0, 0.1) is 11.8 Å². The van der Waals surface area contributed by atoms with Crippen LogP contribution < -0.4 is 0 Å². The first kappa shape index (κ1) is 31.1. The third-order valence-electron chi connectivity index (χ3n) is 7.30. The van der Waals surface area contributed by atoms with Crippen LogP contribution in [0.4, 0.5) is 0 Å². The number of rotatable bonds is 13. The molecule has 3 unspecified atom stereocenters. The molecule has 2 aromatic rings. The van der Waals surface area contributed by atoms with E-state index in [9.17, 15) is 9.90 Å². The first-order valence-corrected chi connectivity index (χ1v) is 13.5. The number of aliphatic hydroxyl groups excluding tert-OH is 1. The van der Waals surface area contributed by atoms with Crippen LogP contribution >= 0.6 is 0 Å². The third-order valence-corrected chi connectivity index (χ3v) is 7.30. The maximum absolute atomic E-state index is 11.9. The van der Waals surface area contributed by atoms with Crippen molar-refractivity contribution in [2.75, 3.05) is 0 Å². The van der Waals surface area contributed by atoms with Gasteiger partial charge in [0.1, 0.15) is 6.10 Å². The average Bonchev–Trinajstić information content (AvgIpc) is 2.85. The predicted molar refractivity (Wildman–Crippen MR) is 149 cm³/mol. The lowest BCUT2D eigenvalue weighted by Crippen LogP contribution is -2.45. The second kappa shape index (κ2) is 15.2. The van der Waals surface area contributed by atoms with Crippen LogP contribution in [-0.4, -0.2) is 22.1 Å². The summed E-state index contributed by atoms with van der Waals surface area (Å²) in [6.07, 6.45) is 6.61. The van der Waals surface area contributed by atoms with Crippen molar-refractivity contribution in [3.8, 4) is 0 Å². The van der Waals surface area contributed by atoms with Crippen LogP contribution in [0.5, 0.6) is 0 Å². The number of hydrogen-bond acceptors (Lipinski definition) is 3. The average molecular weight is 483 g/mol. The van der Waals surface area contributed by atoms with Crippen LogP contribution in [0.15, 0.2) is 60.7 Å². The van der Waals surface area contributed by atoms with Crippen molar-refractivity contribution in [2.45, 2.75) is 111 Å². The molecule has 2 aromatic carbocycles. The Morgan fingerprint density at radius 3 is 1.57 bits per heavy atom. The number of Topliss-reactive ketones (excluding diaryl/α,β-unsaturated/α-hetero) is 1. The van der Waals surface area contributed by atoms with E-state index < -0.39 is 6.10 Å². The van der Waals surface area contributed by atoms with Gasteiger partial charge in [-0.25, -0.2) is 0 Å². The van der Waals surface area contributed by atoms with Gasteiger partial charge in [0, 0.05) is 5.56 Å². The molecule has 0 bridgehead atoms. The van der Waals surface area contributed by atoms with Crippen LogP contribution in [0.1, 0.15) is 116 Å². The molecule has 0 saturated carbocycles. The first-order chi connectivity index (χ1) is 16.5. The van der Waals surface area contributed by atoms with Gasteiger partial charge in [0.15, 0.2) is 5.78 Å². The van der Waals surface area contributed by atoms with Crippen molar-refractivity contribution >= 4 is 5.78 Å². The van der Waals surface area contributed by atoms with E-state index in [-0.39, 0.29) is 17.0 Å². The minimum absolute atomic E-state index is 0.0286. The number of benzene rings is 2. The fourth-order valence-corrected chi connectivity index (χ4v) is 4.14. The molecule has 35 heavy (non-hydrogen) atoms.